The fourth-order valence-electron chi connectivity index (χ4n) is 10.9. The normalized spacial score (nSPS) is 11.5. The maximum Gasteiger partial charge on any atom is 0.341 e. The smallest absolute Gasteiger partial charge is 0.341 e. The van der Waals surface area contributed by atoms with Gasteiger partial charge in [-0.3, -0.25) is 43.0 Å². The quantitative estimate of drug-likeness (QED) is 0.0121. The van der Waals surface area contributed by atoms with Crippen LogP contribution in [0.3, 0.4) is 0 Å². The summed E-state index contributed by atoms with van der Waals surface area (Å²) in [6, 6.07) is 95.9. The van der Waals surface area contributed by atoms with E-state index in [4.69, 9.17) is 35.2 Å². The number of amides is 3. The van der Waals surface area contributed by atoms with Crippen molar-refractivity contribution in [2.45, 2.75) is 82.1 Å². The summed E-state index contributed by atoms with van der Waals surface area (Å²) in [5, 5.41) is 11.3. The Balaban J connectivity index is 0.000000258. The second-order valence-corrected chi connectivity index (χ2v) is 31.1. The van der Waals surface area contributed by atoms with E-state index in [9.17, 15) is 52.5 Å². The highest BCUT2D eigenvalue weighted by Gasteiger charge is 2.29. The van der Waals surface area contributed by atoms with Crippen molar-refractivity contribution in [3.05, 3.63) is 408 Å². The molecule has 10 aromatic rings. The molecular weight excluding hydrogens is 1600 g/mol. The van der Waals surface area contributed by atoms with Gasteiger partial charge >= 0.3 is 37.4 Å². The molecule has 21 heteroatoms. The first-order valence-electron chi connectivity index (χ1n) is 40.3. The Morgan fingerprint density at radius 3 is 0.960 bits per heavy atom. The van der Waals surface area contributed by atoms with Crippen LogP contribution in [0.1, 0.15) is 143 Å². The highest BCUT2D eigenvalue weighted by molar-refractivity contribution is 7.54. The van der Waals surface area contributed by atoms with Crippen LogP contribution in [0.5, 0.6) is 0 Å². The van der Waals surface area contributed by atoms with E-state index in [0.717, 1.165) is 90.9 Å². The molecule has 2 N–H and O–H groups in total. The van der Waals surface area contributed by atoms with Gasteiger partial charge in [0, 0.05) is 53.9 Å². The largest absolute Gasteiger partial charge is 0.478 e. The zero-order valence-electron chi connectivity index (χ0n) is 71.6. The summed E-state index contributed by atoms with van der Waals surface area (Å²) >= 11 is 5.11. The van der Waals surface area contributed by atoms with Crippen molar-refractivity contribution in [2.24, 2.45) is 10.8 Å². The number of hydrogen-bond acceptors (Lipinski definition) is 16. The molecule has 12 rings (SSSR count). The van der Waals surface area contributed by atoms with Crippen molar-refractivity contribution in [3.63, 3.8) is 0 Å². The molecule has 0 aliphatic carbocycles. The molecule has 10 aromatic carbocycles. The summed E-state index contributed by atoms with van der Waals surface area (Å²) in [5.74, 6) is -3.43. The van der Waals surface area contributed by atoms with Crippen molar-refractivity contribution in [1.82, 2.24) is 10.2 Å². The van der Waals surface area contributed by atoms with Crippen LogP contribution in [-0.4, -0.2) is 114 Å². The lowest BCUT2D eigenvalue weighted by molar-refractivity contribution is -0.162. The van der Waals surface area contributed by atoms with Crippen molar-refractivity contribution in [3.8, 4) is 0 Å². The Bertz CT molecular complexity index is 5010. The van der Waals surface area contributed by atoms with Gasteiger partial charge in [0.2, 0.25) is 11.1 Å². The monoisotopic (exact) mass is 1710 g/mol. The van der Waals surface area contributed by atoms with E-state index in [0.29, 0.717) is 19.6 Å². The molecule has 3 amide bonds. The van der Waals surface area contributed by atoms with E-state index in [2.05, 4.69) is 10.1 Å². The second kappa shape index (κ2) is 55.5. The molecule has 0 fully saturated rings. The number of rotatable bonds is 22. The molecule has 0 saturated carbocycles. The van der Waals surface area contributed by atoms with Crippen LogP contribution in [0.2, 0.25) is 0 Å². The van der Waals surface area contributed by atoms with Gasteiger partial charge in [-0.15, -0.1) is 0 Å². The van der Waals surface area contributed by atoms with Crippen molar-refractivity contribution in [1.29, 1.82) is 0 Å². The number of halogens is 1. The summed E-state index contributed by atoms with van der Waals surface area (Å²) in [7, 11) is -3.28. The minimum atomic E-state index is -3.28. The Hall–Kier alpha value is -13.4. The minimum Gasteiger partial charge on any atom is -0.478 e. The predicted octanol–water partition coefficient (Wildman–Crippen LogP) is 21.1. The number of aliphatic carboxylic acids is 1. The van der Waals surface area contributed by atoms with Gasteiger partial charge in [-0.2, -0.15) is 0 Å². The predicted molar refractivity (Wildman–Crippen MR) is 491 cm³/mol. The highest BCUT2D eigenvalue weighted by atomic mass is 35.5. The molecule has 0 aromatic heterocycles. The van der Waals surface area contributed by atoms with Gasteiger partial charge in [0.25, 0.3) is 11.8 Å². The van der Waals surface area contributed by atoms with Crippen LogP contribution in [0.15, 0.2) is 352 Å². The zero-order chi connectivity index (χ0) is 90.6. The molecule has 0 atom stereocenters. The van der Waals surface area contributed by atoms with Crippen molar-refractivity contribution < 1.29 is 80.9 Å². The van der Waals surface area contributed by atoms with Crippen LogP contribution in [-0.2, 0) is 71.0 Å². The molecule has 0 radical (unpaired) electrons. The number of carbonyl (C=O) groups is 10. The average molecular weight is 1710 g/mol. The molecule has 0 bridgehead atoms. The third-order valence-electron chi connectivity index (χ3n) is 17.0. The lowest BCUT2D eigenvalue weighted by Crippen LogP contribution is -2.37. The molecule has 0 spiro atoms. The van der Waals surface area contributed by atoms with Crippen LogP contribution >= 0.6 is 19.2 Å². The molecule has 19 nitrogen and oxygen atoms in total. The van der Waals surface area contributed by atoms with Gasteiger partial charge in [0.1, 0.15) is 6.16 Å². The van der Waals surface area contributed by atoms with Gasteiger partial charge in [0.15, 0.2) is 5.78 Å². The number of imide groups is 1. The van der Waals surface area contributed by atoms with Crippen molar-refractivity contribution >= 4 is 100 Å². The topological polar surface area (TPSA) is 269 Å². The number of nitrogens with one attached hydrogen (secondary N) is 1. The Labute approximate surface area is 733 Å². The fraction of sp³-hybridized carbons (Fsp3) is 0.204. The number of carbonyl (C=O) groups excluding carboxylic acids is 9. The third kappa shape index (κ3) is 38.5. The number of hydrogen-bond donors (Lipinski definition) is 2. The van der Waals surface area contributed by atoms with E-state index in [1.54, 1.807) is 93.5 Å². The van der Waals surface area contributed by atoms with Gasteiger partial charge < -0.3 is 33.7 Å². The number of carboxylic acids is 1. The van der Waals surface area contributed by atoms with Crippen LogP contribution in [0, 0.1) is 10.8 Å². The first kappa shape index (κ1) is 101. The number of carboxylic acid groups (broad SMARTS) is 1. The molecule has 2 aliphatic rings. The Morgan fingerprint density at radius 1 is 0.403 bits per heavy atom. The summed E-state index contributed by atoms with van der Waals surface area (Å²) in [5.41, 5.74) is 11.0. The molecule has 0 unspecified atom stereocenters. The average Bonchev–Trinajstić information content (AvgIpc) is 0.811. The Kier molecular flexibility index (Phi) is 45.3. The molecular formula is C103H108ClN2O17P. The summed E-state index contributed by atoms with van der Waals surface area (Å²) in [4.78, 5) is 116. The van der Waals surface area contributed by atoms with Gasteiger partial charge in [-0.25, -0.2) is 14.4 Å². The Morgan fingerprint density at radius 2 is 0.702 bits per heavy atom. The van der Waals surface area contributed by atoms with Gasteiger partial charge in [0.05, 0.1) is 31.8 Å². The molecule has 0 saturated heterocycles. The van der Waals surface area contributed by atoms with E-state index >= 15 is 0 Å². The highest BCUT2D eigenvalue weighted by Crippen LogP contribution is 2.48. The van der Waals surface area contributed by atoms with Gasteiger partial charge in [-0.1, -0.05) is 336 Å². The number of benzene rings is 10. The molecule has 124 heavy (non-hydrogen) atoms. The first-order valence-corrected chi connectivity index (χ1v) is 42.4. The van der Waals surface area contributed by atoms with E-state index in [1.807, 2.05) is 309 Å². The number of ketones is 1. The lowest BCUT2D eigenvalue weighted by Gasteiger charge is -2.20. The fourth-order valence-corrected chi connectivity index (χ4v) is 12.3. The molecule has 2 heterocycles. The van der Waals surface area contributed by atoms with E-state index in [-0.39, 0.29) is 66.1 Å². The number of esters is 4. The minimum absolute atomic E-state index is 0.0336. The van der Waals surface area contributed by atoms with Crippen LogP contribution in [0.4, 0.5) is 0 Å². The summed E-state index contributed by atoms with van der Waals surface area (Å²) < 4.78 is 36.2. The lowest BCUT2D eigenvalue weighted by atomic mass is 9.97. The summed E-state index contributed by atoms with van der Waals surface area (Å²) in [6.07, 6.45) is 13.8. The van der Waals surface area contributed by atoms with Crippen molar-refractivity contribution in [2.75, 3.05) is 45.7 Å². The molecule has 644 valence electrons. The standard InChI is InChI=1S/C20H17NO2.C20H20O3.C17H16O2.C15H12O2.C13H10O.C8H17O5P.C5H9ClO.C5H7NO/c22-19-13-7-8-14-21(19)20(23)15-18(16-9-3-1-4-10-16)17-11-5-2-6-12-17;1-20(2,3)19(22)23-18(21)14-17(15-10-6-4-7-11-15)16-12-8-5-9-13-16;1-2-19-17(18)13-16(14-9-5-3-6-10-14)15-11-7-4-8-12-15;16-15(17)11-14(12-7-3-1-4-8-12)13-9-5-2-6-10-13;14-13(11-7-3-1-4-8-11)12-9-5-2-6-10-12;1-4-11-8(9)7-14(10,12-5-2)13-6-3;1-5(2,3)4(6)7;7-5-3-1-2-4-6-5/h1-7,9-13,15H,8,14H2;4-14H,1-3H3;3-13H,2H2,1H3;1-11H,(H,16,17);1-10H;4-7H2,1-3H3;1-3H3;1,3H,2,4H2,(H,6,7). The number of ether oxygens (including phenoxy) is 3. The number of nitrogens with zero attached hydrogens (tertiary/aromatic N) is 1. The van der Waals surface area contributed by atoms with E-state index < -0.39 is 36.9 Å². The van der Waals surface area contributed by atoms with Crippen LogP contribution in [0.25, 0.3) is 22.3 Å². The van der Waals surface area contributed by atoms with E-state index in [1.165, 1.54) is 23.1 Å². The third-order valence-corrected chi connectivity index (χ3v) is 19.5. The van der Waals surface area contributed by atoms with Crippen LogP contribution < -0.4 is 5.32 Å². The second-order valence-electron chi connectivity index (χ2n) is 28.7. The maximum atomic E-state index is 12.6. The maximum absolute atomic E-state index is 12.6. The first-order chi connectivity index (χ1) is 59.5. The summed E-state index contributed by atoms with van der Waals surface area (Å²) in [6.45, 7) is 19.7. The van der Waals surface area contributed by atoms with Gasteiger partial charge in [-0.05, 0) is 152 Å². The molecule has 2 aliphatic heterocycles. The zero-order valence-corrected chi connectivity index (χ0v) is 73.3. The SMILES string of the molecule is CC(C)(C)C(=O)Cl.CC(C)(C)C(=O)OC(=O)C=C(c1ccccc1)c1ccccc1.CCOC(=O)C=C(c1ccccc1)c1ccccc1.CCOC(=O)CP(=O)(OCC)OCC.O=C(O)C=C(c1ccccc1)c1ccccc1.O=C(c1ccccc1)c1ccccc1.O=C1C=CCCN1.O=C1C=CCCN1C(=O)C=C(c1ccccc1)c1ccccc1.